The first-order valence-corrected chi connectivity index (χ1v) is 7.41. The third-order valence-corrected chi connectivity index (χ3v) is 3.81. The number of carboxylic acids is 1. The van der Waals surface area contributed by atoms with Gasteiger partial charge in [0, 0.05) is 6.42 Å². The lowest BCUT2D eigenvalue weighted by atomic mass is 10.1. The molecule has 0 radical (unpaired) electrons. The van der Waals surface area contributed by atoms with E-state index >= 15 is 0 Å². The lowest BCUT2D eigenvalue weighted by Gasteiger charge is -2.09. The van der Waals surface area contributed by atoms with Gasteiger partial charge < -0.3 is 9.67 Å². The van der Waals surface area contributed by atoms with E-state index in [9.17, 15) is 4.79 Å². The fraction of sp³-hybridized carbons (Fsp3) is 0.357. The van der Waals surface area contributed by atoms with Crippen LogP contribution in [-0.2, 0) is 17.8 Å². The van der Waals surface area contributed by atoms with Crippen molar-refractivity contribution in [2.45, 2.75) is 32.0 Å². The fourth-order valence-corrected chi connectivity index (χ4v) is 2.64. The van der Waals surface area contributed by atoms with Crippen LogP contribution in [0.1, 0.15) is 23.9 Å². The van der Waals surface area contributed by atoms with Gasteiger partial charge in [-0.2, -0.15) is 0 Å². The highest BCUT2D eigenvalue weighted by Crippen LogP contribution is 2.19. The van der Waals surface area contributed by atoms with Gasteiger partial charge in [-0.3, -0.25) is 4.79 Å². The first kappa shape index (κ1) is 14.6. The molecule has 106 valence electrons. The van der Waals surface area contributed by atoms with E-state index in [1.54, 1.807) is 0 Å². The molecule has 5 nitrogen and oxygen atoms in total. The van der Waals surface area contributed by atoms with Crippen molar-refractivity contribution in [3.8, 4) is 0 Å². The van der Waals surface area contributed by atoms with E-state index in [2.05, 4.69) is 35.3 Å². The van der Waals surface area contributed by atoms with E-state index in [1.807, 2.05) is 17.6 Å². The van der Waals surface area contributed by atoms with E-state index in [0.717, 1.165) is 17.8 Å². The van der Waals surface area contributed by atoms with Gasteiger partial charge in [0.2, 0.25) is 0 Å². The van der Waals surface area contributed by atoms with Crippen molar-refractivity contribution in [2.24, 2.45) is 0 Å². The second kappa shape index (κ2) is 6.56. The molecular weight excluding hydrogens is 274 g/mol. The minimum Gasteiger partial charge on any atom is -0.481 e. The molecule has 6 heteroatoms. The monoisotopic (exact) mass is 291 g/mol. The van der Waals surface area contributed by atoms with Crippen molar-refractivity contribution >= 4 is 17.7 Å². The highest BCUT2D eigenvalue weighted by molar-refractivity contribution is 7.99. The maximum atomic E-state index is 10.7. The summed E-state index contributed by atoms with van der Waals surface area (Å²) < 4.78 is 1.99. The van der Waals surface area contributed by atoms with Crippen LogP contribution in [0.4, 0.5) is 0 Å². The van der Waals surface area contributed by atoms with Gasteiger partial charge in [0.1, 0.15) is 5.82 Å². The molecule has 2 aromatic rings. The van der Waals surface area contributed by atoms with Gasteiger partial charge in [0.15, 0.2) is 5.16 Å². The van der Waals surface area contributed by atoms with E-state index < -0.39 is 5.97 Å². The molecule has 0 atom stereocenters. The predicted octanol–water partition coefficient (Wildman–Crippen LogP) is 2.37. The van der Waals surface area contributed by atoms with Gasteiger partial charge in [-0.1, -0.05) is 48.5 Å². The topological polar surface area (TPSA) is 68.0 Å². The fourth-order valence-electron chi connectivity index (χ4n) is 1.97. The zero-order chi connectivity index (χ0) is 14.5. The Labute approximate surface area is 122 Å². The minimum atomic E-state index is -0.849. The quantitative estimate of drug-likeness (QED) is 0.828. The first-order valence-electron chi connectivity index (χ1n) is 6.42. The van der Waals surface area contributed by atoms with Crippen LogP contribution in [0.25, 0.3) is 0 Å². The summed E-state index contributed by atoms with van der Waals surface area (Å²) in [6, 6.07) is 8.24. The first-order chi connectivity index (χ1) is 9.60. The summed E-state index contributed by atoms with van der Waals surface area (Å²) in [6.45, 7) is 4.73. The Hall–Kier alpha value is -1.82. The van der Waals surface area contributed by atoms with E-state index in [1.165, 1.54) is 17.3 Å². The van der Waals surface area contributed by atoms with Crippen molar-refractivity contribution < 1.29 is 9.90 Å². The predicted molar refractivity (Wildman–Crippen MR) is 78.0 cm³/mol. The van der Waals surface area contributed by atoms with E-state index in [0.29, 0.717) is 11.7 Å². The Bertz CT molecular complexity index is 610. The zero-order valence-corrected chi connectivity index (χ0v) is 12.4. The molecule has 0 saturated heterocycles. The summed E-state index contributed by atoms with van der Waals surface area (Å²) in [5.74, 6) is 0.0212. The van der Waals surface area contributed by atoms with Crippen LogP contribution >= 0.6 is 11.8 Å². The lowest BCUT2D eigenvalue weighted by Crippen LogP contribution is -2.07. The molecule has 0 bridgehead atoms. The van der Waals surface area contributed by atoms with Gasteiger partial charge in [-0.15, -0.1) is 10.2 Å². The van der Waals surface area contributed by atoms with Gasteiger partial charge in [-0.25, -0.2) is 0 Å². The van der Waals surface area contributed by atoms with Crippen LogP contribution in [0.3, 0.4) is 0 Å². The zero-order valence-electron chi connectivity index (χ0n) is 11.5. The Morgan fingerprint density at radius 2 is 2.20 bits per heavy atom. The molecule has 0 amide bonds. The van der Waals surface area contributed by atoms with Gasteiger partial charge in [-0.05, 0) is 12.5 Å². The normalized spacial score (nSPS) is 10.7. The molecule has 0 saturated carbocycles. The second-order valence-electron chi connectivity index (χ2n) is 4.51. The Kier molecular flexibility index (Phi) is 4.79. The van der Waals surface area contributed by atoms with Crippen LogP contribution in [0.2, 0.25) is 0 Å². The largest absolute Gasteiger partial charge is 0.481 e. The van der Waals surface area contributed by atoms with Crippen LogP contribution in [0.5, 0.6) is 0 Å². The van der Waals surface area contributed by atoms with E-state index in [-0.39, 0.29) is 5.75 Å². The average molecular weight is 291 g/mol. The number of hydrogen-bond donors (Lipinski definition) is 1. The molecular formula is C14H17N3O2S. The summed E-state index contributed by atoms with van der Waals surface area (Å²) >= 11 is 1.20. The van der Waals surface area contributed by atoms with Gasteiger partial charge in [0.05, 0.1) is 12.3 Å². The molecule has 1 aromatic carbocycles. The lowest BCUT2D eigenvalue weighted by molar-refractivity contribution is -0.133. The number of rotatable bonds is 6. The van der Waals surface area contributed by atoms with Crippen molar-refractivity contribution in [3.05, 3.63) is 41.2 Å². The van der Waals surface area contributed by atoms with Crippen LogP contribution in [0.15, 0.2) is 29.4 Å². The molecule has 20 heavy (non-hydrogen) atoms. The number of aryl methyl sites for hydroxylation is 2. The minimum absolute atomic E-state index is 0.00430. The van der Waals surface area contributed by atoms with Crippen molar-refractivity contribution in [1.82, 2.24) is 14.8 Å². The molecule has 1 N–H and O–H groups in total. The number of benzene rings is 1. The number of hydrogen-bond acceptors (Lipinski definition) is 4. The average Bonchev–Trinajstić information content (AvgIpc) is 2.78. The van der Waals surface area contributed by atoms with Crippen molar-refractivity contribution in [2.75, 3.05) is 5.75 Å². The highest BCUT2D eigenvalue weighted by atomic mass is 32.2. The molecule has 0 spiro atoms. The molecule has 0 unspecified atom stereocenters. The maximum Gasteiger partial charge on any atom is 0.313 e. The molecule has 0 aliphatic rings. The summed E-state index contributed by atoms with van der Waals surface area (Å²) in [4.78, 5) is 10.7. The molecule has 2 rings (SSSR count). The van der Waals surface area contributed by atoms with Crippen molar-refractivity contribution in [1.29, 1.82) is 0 Å². The number of carbonyl (C=O) groups is 1. The van der Waals surface area contributed by atoms with Crippen LogP contribution in [0, 0.1) is 6.92 Å². The highest BCUT2D eigenvalue weighted by Gasteiger charge is 2.13. The third kappa shape index (κ3) is 3.60. The molecule has 1 heterocycles. The smallest absolute Gasteiger partial charge is 0.313 e. The van der Waals surface area contributed by atoms with Gasteiger partial charge in [0.25, 0.3) is 0 Å². The number of carboxylic acid groups (broad SMARTS) is 1. The summed E-state index contributed by atoms with van der Waals surface area (Å²) in [5, 5.41) is 17.7. The van der Waals surface area contributed by atoms with Crippen LogP contribution in [-0.4, -0.2) is 31.6 Å². The van der Waals surface area contributed by atoms with Gasteiger partial charge >= 0.3 is 5.97 Å². The Morgan fingerprint density at radius 3 is 2.85 bits per heavy atom. The molecule has 0 aliphatic heterocycles. The maximum absolute atomic E-state index is 10.7. The number of aromatic nitrogens is 3. The van der Waals surface area contributed by atoms with Crippen LogP contribution < -0.4 is 0 Å². The van der Waals surface area contributed by atoms with Crippen molar-refractivity contribution in [3.63, 3.8) is 0 Å². The Balaban J connectivity index is 2.24. The number of nitrogens with zero attached hydrogens (tertiary/aromatic N) is 3. The second-order valence-corrected chi connectivity index (χ2v) is 5.45. The van der Waals surface area contributed by atoms with E-state index in [4.69, 9.17) is 5.11 Å². The number of thioether (sulfide) groups is 1. The Morgan fingerprint density at radius 1 is 1.40 bits per heavy atom. The SMILES string of the molecule is CCc1nnc(SCC(=O)O)n1Cc1cccc(C)c1. The number of aliphatic carboxylic acids is 1. The standard InChI is InChI=1S/C14H17N3O2S/c1-3-12-15-16-14(20-9-13(18)19)17(12)8-11-6-4-5-10(2)7-11/h4-7H,3,8-9H2,1-2H3,(H,18,19). The molecule has 0 fully saturated rings. The third-order valence-electron chi connectivity index (χ3n) is 2.86. The molecule has 1 aromatic heterocycles. The summed E-state index contributed by atoms with van der Waals surface area (Å²) in [6.07, 6.45) is 0.770. The molecule has 0 aliphatic carbocycles. The summed E-state index contributed by atoms with van der Waals surface area (Å²) in [5.41, 5.74) is 2.37. The summed E-state index contributed by atoms with van der Waals surface area (Å²) in [7, 11) is 0.